The molecule has 0 aliphatic heterocycles. The summed E-state index contributed by atoms with van der Waals surface area (Å²) in [6.07, 6.45) is 0.841. The first-order valence-corrected chi connectivity index (χ1v) is 10.1. The molecule has 2 aromatic rings. The Labute approximate surface area is 202 Å². The zero-order chi connectivity index (χ0) is 21.6. The summed E-state index contributed by atoms with van der Waals surface area (Å²) in [5.74, 6) is 3.19. The van der Waals surface area contributed by atoms with E-state index < -0.39 is 0 Å². The zero-order valence-electron chi connectivity index (χ0n) is 18.8. The third-order valence-electron chi connectivity index (χ3n) is 4.36. The third-order valence-corrected chi connectivity index (χ3v) is 4.36. The molecular formula is C23H34IN3O4. The maximum atomic E-state index is 5.85. The summed E-state index contributed by atoms with van der Waals surface area (Å²) < 4.78 is 21.9. The number of benzene rings is 2. The van der Waals surface area contributed by atoms with Gasteiger partial charge >= 0.3 is 0 Å². The number of ether oxygens (including phenoxy) is 4. The van der Waals surface area contributed by atoms with Gasteiger partial charge in [-0.1, -0.05) is 18.2 Å². The fraction of sp³-hybridized carbons (Fsp3) is 0.435. The van der Waals surface area contributed by atoms with Gasteiger partial charge in [0.15, 0.2) is 5.96 Å². The number of halogens is 1. The number of hydrogen-bond acceptors (Lipinski definition) is 5. The molecule has 31 heavy (non-hydrogen) atoms. The third kappa shape index (κ3) is 10.1. The molecule has 2 N–H and O–H groups in total. The summed E-state index contributed by atoms with van der Waals surface area (Å²) in [5.41, 5.74) is 2.23. The normalized spacial score (nSPS) is 10.8. The lowest BCUT2D eigenvalue weighted by atomic mass is 10.1. The summed E-state index contributed by atoms with van der Waals surface area (Å²) in [7, 11) is 5.07. The second-order valence-electron chi connectivity index (χ2n) is 6.69. The van der Waals surface area contributed by atoms with Crippen molar-refractivity contribution in [3.8, 4) is 17.2 Å². The van der Waals surface area contributed by atoms with Crippen LogP contribution in [0.4, 0.5) is 0 Å². The molecule has 0 saturated heterocycles. The number of nitrogens with zero attached hydrogens (tertiary/aromatic N) is 1. The van der Waals surface area contributed by atoms with E-state index in [1.165, 1.54) is 0 Å². The second kappa shape index (κ2) is 15.6. The number of aryl methyl sites for hydroxylation is 1. The van der Waals surface area contributed by atoms with Crippen molar-refractivity contribution in [2.75, 3.05) is 47.6 Å². The summed E-state index contributed by atoms with van der Waals surface area (Å²) in [6, 6.07) is 13.8. The van der Waals surface area contributed by atoms with Gasteiger partial charge < -0.3 is 29.6 Å². The Balaban J connectivity index is 0.00000480. The van der Waals surface area contributed by atoms with Gasteiger partial charge in [0.1, 0.15) is 23.9 Å². The van der Waals surface area contributed by atoms with Gasteiger partial charge in [0.2, 0.25) is 0 Å². The van der Waals surface area contributed by atoms with Crippen molar-refractivity contribution in [3.63, 3.8) is 0 Å². The Morgan fingerprint density at radius 2 is 1.74 bits per heavy atom. The molecule has 0 fully saturated rings. The molecule has 0 aliphatic rings. The number of nitrogens with one attached hydrogen (secondary N) is 2. The van der Waals surface area contributed by atoms with E-state index in [1.807, 2.05) is 30.3 Å². The molecule has 0 unspecified atom stereocenters. The molecule has 0 saturated carbocycles. The largest absolute Gasteiger partial charge is 0.497 e. The van der Waals surface area contributed by atoms with Gasteiger partial charge in [-0.2, -0.15) is 0 Å². The van der Waals surface area contributed by atoms with Gasteiger partial charge in [-0.25, -0.2) is 0 Å². The molecule has 8 heteroatoms. The van der Waals surface area contributed by atoms with Crippen molar-refractivity contribution in [3.05, 3.63) is 53.6 Å². The van der Waals surface area contributed by atoms with Crippen LogP contribution in [0.1, 0.15) is 17.5 Å². The van der Waals surface area contributed by atoms with Crippen LogP contribution in [0.15, 0.2) is 47.5 Å². The molecule has 0 radical (unpaired) electrons. The van der Waals surface area contributed by atoms with Crippen molar-refractivity contribution in [2.45, 2.75) is 19.9 Å². The average Bonchev–Trinajstić information content (AvgIpc) is 2.77. The van der Waals surface area contributed by atoms with Crippen LogP contribution in [0.5, 0.6) is 17.2 Å². The Morgan fingerprint density at radius 3 is 2.48 bits per heavy atom. The van der Waals surface area contributed by atoms with E-state index in [-0.39, 0.29) is 24.0 Å². The van der Waals surface area contributed by atoms with Gasteiger partial charge in [-0.3, -0.25) is 4.99 Å². The molecule has 0 aromatic heterocycles. The zero-order valence-corrected chi connectivity index (χ0v) is 21.1. The minimum atomic E-state index is 0. The van der Waals surface area contributed by atoms with Crippen molar-refractivity contribution >= 4 is 29.9 Å². The van der Waals surface area contributed by atoms with Crippen molar-refractivity contribution in [1.82, 2.24) is 10.6 Å². The van der Waals surface area contributed by atoms with Crippen LogP contribution in [0.3, 0.4) is 0 Å². The van der Waals surface area contributed by atoms with E-state index in [9.17, 15) is 0 Å². The summed E-state index contributed by atoms with van der Waals surface area (Å²) in [4.78, 5) is 4.28. The highest BCUT2D eigenvalue weighted by Crippen LogP contribution is 2.20. The summed E-state index contributed by atoms with van der Waals surface area (Å²) in [5, 5.41) is 6.63. The maximum absolute atomic E-state index is 5.85. The lowest BCUT2D eigenvalue weighted by Crippen LogP contribution is -2.37. The highest BCUT2D eigenvalue weighted by atomic mass is 127. The molecule has 2 rings (SSSR count). The van der Waals surface area contributed by atoms with Crippen LogP contribution >= 0.6 is 24.0 Å². The lowest BCUT2D eigenvalue weighted by Gasteiger charge is -2.15. The summed E-state index contributed by atoms with van der Waals surface area (Å²) in [6.45, 7) is 5.09. The predicted octanol–water partition coefficient (Wildman–Crippen LogP) is 3.78. The number of methoxy groups -OCH3 is 2. The predicted molar refractivity (Wildman–Crippen MR) is 135 cm³/mol. The van der Waals surface area contributed by atoms with Crippen LogP contribution in [0, 0.1) is 6.92 Å². The molecule has 0 bridgehead atoms. The van der Waals surface area contributed by atoms with Crippen molar-refractivity contribution in [1.29, 1.82) is 0 Å². The van der Waals surface area contributed by atoms with E-state index in [2.05, 4.69) is 34.7 Å². The molecule has 0 aliphatic carbocycles. The van der Waals surface area contributed by atoms with Crippen LogP contribution < -0.4 is 24.8 Å². The Morgan fingerprint density at radius 1 is 0.935 bits per heavy atom. The number of aliphatic imine (C=N–C) groups is 1. The van der Waals surface area contributed by atoms with E-state index >= 15 is 0 Å². The van der Waals surface area contributed by atoms with Crippen LogP contribution in [-0.4, -0.2) is 53.6 Å². The smallest absolute Gasteiger partial charge is 0.191 e. The summed E-state index contributed by atoms with van der Waals surface area (Å²) >= 11 is 0. The monoisotopic (exact) mass is 543 g/mol. The molecule has 7 nitrogen and oxygen atoms in total. The van der Waals surface area contributed by atoms with Crippen LogP contribution in [0.25, 0.3) is 0 Å². The molecule has 0 amide bonds. The minimum absolute atomic E-state index is 0. The molecular weight excluding hydrogens is 509 g/mol. The number of hydrogen-bond donors (Lipinski definition) is 2. The molecule has 0 heterocycles. The highest BCUT2D eigenvalue weighted by molar-refractivity contribution is 14.0. The Kier molecular flexibility index (Phi) is 13.5. The van der Waals surface area contributed by atoms with Crippen molar-refractivity contribution in [2.24, 2.45) is 4.99 Å². The van der Waals surface area contributed by atoms with Gasteiger partial charge in [0, 0.05) is 38.9 Å². The first kappa shape index (κ1) is 26.8. The highest BCUT2D eigenvalue weighted by Gasteiger charge is 2.06. The standard InChI is InChI=1S/C23H33N3O4.HI/c1-18-9-10-19(22(15-18)30-14-13-27-3)17-26-23(24-2)25-11-6-12-29-21-8-5-7-20(16-21)28-4;/h5,7-10,15-16H,6,11-14,17H2,1-4H3,(H2,24,25,26);1H. The molecule has 2 aromatic carbocycles. The quantitative estimate of drug-likeness (QED) is 0.184. The SMILES string of the molecule is CN=C(NCCCOc1cccc(OC)c1)NCc1ccc(C)cc1OCCOC.I. The average molecular weight is 543 g/mol. The second-order valence-corrected chi connectivity index (χ2v) is 6.69. The van der Waals surface area contributed by atoms with E-state index in [1.54, 1.807) is 21.3 Å². The van der Waals surface area contributed by atoms with Gasteiger partial charge in [0.25, 0.3) is 0 Å². The van der Waals surface area contributed by atoms with Gasteiger partial charge in [-0.15, -0.1) is 24.0 Å². The van der Waals surface area contributed by atoms with Crippen LogP contribution in [-0.2, 0) is 11.3 Å². The molecule has 172 valence electrons. The Bertz CT molecular complexity index is 802. The van der Waals surface area contributed by atoms with E-state index in [0.29, 0.717) is 26.4 Å². The van der Waals surface area contributed by atoms with E-state index in [4.69, 9.17) is 18.9 Å². The lowest BCUT2D eigenvalue weighted by molar-refractivity contribution is 0.145. The first-order valence-electron chi connectivity index (χ1n) is 10.1. The minimum Gasteiger partial charge on any atom is -0.497 e. The van der Waals surface area contributed by atoms with Crippen LogP contribution in [0.2, 0.25) is 0 Å². The number of rotatable bonds is 12. The Hall–Kier alpha value is -2.20. The fourth-order valence-electron chi connectivity index (χ4n) is 2.74. The van der Waals surface area contributed by atoms with E-state index in [0.717, 1.165) is 47.3 Å². The first-order chi connectivity index (χ1) is 14.7. The maximum Gasteiger partial charge on any atom is 0.191 e. The van der Waals surface area contributed by atoms with Gasteiger partial charge in [-0.05, 0) is 37.1 Å². The van der Waals surface area contributed by atoms with Gasteiger partial charge in [0.05, 0.1) is 20.3 Å². The fourth-order valence-corrected chi connectivity index (χ4v) is 2.74. The molecule has 0 spiro atoms. The molecule has 0 atom stereocenters. The number of guanidine groups is 1. The van der Waals surface area contributed by atoms with Crippen molar-refractivity contribution < 1.29 is 18.9 Å². The topological polar surface area (TPSA) is 73.3 Å².